The van der Waals surface area contributed by atoms with E-state index in [4.69, 9.17) is 4.98 Å². The first-order valence-corrected chi connectivity index (χ1v) is 25.2. The summed E-state index contributed by atoms with van der Waals surface area (Å²) in [6.07, 6.45) is 0. The number of hydrogen-bond acceptors (Lipinski definition) is 1. The molecule has 0 amide bonds. The number of nitrogens with zero attached hydrogens (tertiary/aromatic N) is 2. The van der Waals surface area contributed by atoms with Gasteiger partial charge in [-0.1, -0.05) is 212 Å². The summed E-state index contributed by atoms with van der Waals surface area (Å²) in [5.74, 6) is 0.933. The maximum Gasteiger partial charge on any atom is 0.145 e. The molecular weight excluding hydrogens is 881 g/mol. The van der Waals surface area contributed by atoms with Crippen LogP contribution in [0.4, 0.5) is 0 Å². The Morgan fingerprint density at radius 2 is 0.575 bits per heavy atom. The van der Waals surface area contributed by atoms with E-state index >= 15 is 0 Å². The predicted molar refractivity (Wildman–Crippen MR) is 311 cm³/mol. The van der Waals surface area contributed by atoms with Gasteiger partial charge >= 0.3 is 0 Å². The summed E-state index contributed by atoms with van der Waals surface area (Å²) in [6, 6.07) is 98.3. The zero-order valence-corrected chi connectivity index (χ0v) is 39.8. The van der Waals surface area contributed by atoms with E-state index in [1.165, 1.54) is 120 Å². The smallest absolute Gasteiger partial charge is 0.145 e. The summed E-state index contributed by atoms with van der Waals surface area (Å²) in [5, 5.41) is 17.2. The third-order valence-electron chi connectivity index (χ3n) is 15.3. The summed E-state index contributed by atoms with van der Waals surface area (Å²) >= 11 is 0. The lowest BCUT2D eigenvalue weighted by atomic mass is 9.82. The van der Waals surface area contributed by atoms with E-state index in [1.54, 1.807) is 0 Å². The van der Waals surface area contributed by atoms with Gasteiger partial charge in [0.1, 0.15) is 5.82 Å². The van der Waals surface area contributed by atoms with E-state index in [0.29, 0.717) is 0 Å². The van der Waals surface area contributed by atoms with Gasteiger partial charge in [0.2, 0.25) is 0 Å². The largest absolute Gasteiger partial charge is 0.292 e. The molecule has 0 N–H and O–H groups in total. The van der Waals surface area contributed by atoms with Crippen molar-refractivity contribution in [3.8, 4) is 61.6 Å². The van der Waals surface area contributed by atoms with Crippen molar-refractivity contribution in [1.29, 1.82) is 0 Å². The molecule has 1 aromatic heterocycles. The van der Waals surface area contributed by atoms with Gasteiger partial charge in [-0.2, -0.15) is 0 Å². The van der Waals surface area contributed by atoms with Crippen LogP contribution >= 0.6 is 0 Å². The highest BCUT2D eigenvalue weighted by atomic mass is 15.1. The molecule has 0 saturated heterocycles. The summed E-state index contributed by atoms with van der Waals surface area (Å²) in [4.78, 5) is 5.18. The Bertz CT molecular complexity index is 4680. The second kappa shape index (κ2) is 16.5. The molecule has 0 aliphatic heterocycles. The SMILES string of the molecule is c1ccc(-n2c(-c3ccc4cc(-c5c6ccccc6c(-c6ccc7c(-c8ccc9ccccc9c8)c8ccccc8c(-c8ccc9ccccc9c8)c7c6)c6ccccc56)ccc4c3)nc3ccccc32)cc1. The fourth-order valence-corrected chi connectivity index (χ4v) is 12.0. The molecule has 0 spiro atoms. The Balaban J connectivity index is 0.939. The first-order valence-electron chi connectivity index (χ1n) is 25.2. The fourth-order valence-electron chi connectivity index (χ4n) is 12.0. The third-order valence-corrected chi connectivity index (χ3v) is 15.3. The molecule has 2 nitrogen and oxygen atoms in total. The monoisotopic (exact) mass is 924 g/mol. The fraction of sp³-hybridized carbons (Fsp3) is 0. The van der Waals surface area contributed by atoms with Gasteiger partial charge in [-0.05, 0) is 175 Å². The van der Waals surface area contributed by atoms with Crippen LogP contribution in [-0.2, 0) is 0 Å². The summed E-state index contributed by atoms with van der Waals surface area (Å²) < 4.78 is 2.27. The number of rotatable bonds is 6. The summed E-state index contributed by atoms with van der Waals surface area (Å²) in [6.45, 7) is 0. The molecule has 0 saturated carbocycles. The standard InChI is InChI=1S/C71H44N2/c1-2-20-56(21-3-1)73-66-29-15-14-28-65(66)72-71(73)55-37-33-49-42-52(36-32-50(49)43-55)67-57-22-8-10-24-59(57)69(60-25-11-9-23-58(60)67)54-38-39-63-64(44-54)70(53-35-31-46-17-5-7-19-48(46)41-53)62-27-13-12-26-61(62)68(63)51-34-30-45-16-4-6-18-47(45)40-51/h1-44H. The Morgan fingerprint density at radius 1 is 0.233 bits per heavy atom. The van der Waals surface area contributed by atoms with Crippen LogP contribution in [0.15, 0.2) is 267 Å². The van der Waals surface area contributed by atoms with Crippen molar-refractivity contribution in [2.24, 2.45) is 0 Å². The number of para-hydroxylation sites is 3. The molecule has 2 heteroatoms. The predicted octanol–water partition coefficient (Wildman–Crippen LogP) is 19.4. The van der Waals surface area contributed by atoms with Crippen molar-refractivity contribution < 1.29 is 0 Å². The minimum atomic E-state index is 0.933. The lowest BCUT2D eigenvalue weighted by molar-refractivity contribution is 1.10. The first kappa shape index (κ1) is 41.2. The number of aromatic nitrogens is 2. The topological polar surface area (TPSA) is 17.8 Å². The normalized spacial score (nSPS) is 11.8. The van der Waals surface area contributed by atoms with Crippen LogP contribution in [0, 0.1) is 0 Å². The third kappa shape index (κ3) is 6.62. The Labute approximate surface area is 422 Å². The van der Waals surface area contributed by atoms with Gasteiger partial charge in [-0.3, -0.25) is 4.57 Å². The molecule has 338 valence electrons. The molecule has 15 rings (SSSR count). The van der Waals surface area contributed by atoms with Crippen molar-refractivity contribution >= 4 is 86.4 Å². The van der Waals surface area contributed by atoms with Crippen molar-refractivity contribution in [2.75, 3.05) is 0 Å². The zero-order chi connectivity index (χ0) is 48.0. The van der Waals surface area contributed by atoms with Crippen LogP contribution in [0.1, 0.15) is 0 Å². The molecule has 1 heterocycles. The van der Waals surface area contributed by atoms with Gasteiger partial charge in [-0.25, -0.2) is 4.98 Å². The van der Waals surface area contributed by atoms with E-state index in [-0.39, 0.29) is 0 Å². The van der Waals surface area contributed by atoms with Gasteiger partial charge in [0.25, 0.3) is 0 Å². The quantitative estimate of drug-likeness (QED) is 0.152. The van der Waals surface area contributed by atoms with Crippen LogP contribution in [0.2, 0.25) is 0 Å². The van der Waals surface area contributed by atoms with Crippen molar-refractivity contribution in [3.05, 3.63) is 267 Å². The van der Waals surface area contributed by atoms with Crippen LogP contribution in [0.25, 0.3) is 148 Å². The highest BCUT2D eigenvalue weighted by molar-refractivity contribution is 6.25. The van der Waals surface area contributed by atoms with E-state index in [2.05, 4.69) is 271 Å². The molecule has 0 aliphatic carbocycles. The maximum atomic E-state index is 5.18. The molecule has 0 unspecified atom stereocenters. The van der Waals surface area contributed by atoms with Crippen molar-refractivity contribution in [2.45, 2.75) is 0 Å². The minimum absolute atomic E-state index is 0.933. The maximum absolute atomic E-state index is 5.18. The zero-order valence-electron chi connectivity index (χ0n) is 39.8. The van der Waals surface area contributed by atoms with Crippen molar-refractivity contribution in [3.63, 3.8) is 0 Å². The molecule has 73 heavy (non-hydrogen) atoms. The first-order chi connectivity index (χ1) is 36.2. The average Bonchev–Trinajstić information content (AvgIpc) is 3.85. The molecular formula is C71H44N2. The molecule has 14 aromatic carbocycles. The highest BCUT2D eigenvalue weighted by Gasteiger charge is 2.22. The lowest BCUT2D eigenvalue weighted by Gasteiger charge is -2.21. The number of benzene rings is 14. The molecule has 0 atom stereocenters. The molecule has 15 aromatic rings. The summed E-state index contributed by atoms with van der Waals surface area (Å²) in [7, 11) is 0. The number of fused-ring (bicyclic) bond motifs is 8. The van der Waals surface area contributed by atoms with Crippen molar-refractivity contribution in [1.82, 2.24) is 9.55 Å². The number of hydrogen-bond donors (Lipinski definition) is 0. The van der Waals surface area contributed by atoms with E-state index in [0.717, 1.165) is 28.1 Å². The Hall–Kier alpha value is -9.63. The minimum Gasteiger partial charge on any atom is -0.292 e. The average molecular weight is 925 g/mol. The molecule has 0 bridgehead atoms. The van der Waals surface area contributed by atoms with Gasteiger partial charge in [-0.15, -0.1) is 0 Å². The number of imidazole rings is 1. The van der Waals surface area contributed by atoms with Crippen LogP contribution in [-0.4, -0.2) is 9.55 Å². The van der Waals surface area contributed by atoms with Crippen LogP contribution in [0.3, 0.4) is 0 Å². The lowest BCUT2D eigenvalue weighted by Crippen LogP contribution is -1.97. The van der Waals surface area contributed by atoms with Gasteiger partial charge in [0, 0.05) is 11.3 Å². The molecule has 0 fully saturated rings. The Kier molecular flexibility index (Phi) is 9.30. The van der Waals surface area contributed by atoms with E-state index < -0.39 is 0 Å². The van der Waals surface area contributed by atoms with E-state index in [9.17, 15) is 0 Å². The second-order valence-electron chi connectivity index (χ2n) is 19.4. The van der Waals surface area contributed by atoms with E-state index in [1.807, 2.05) is 0 Å². The van der Waals surface area contributed by atoms with Gasteiger partial charge in [0.05, 0.1) is 11.0 Å². The molecule has 0 radical (unpaired) electrons. The summed E-state index contributed by atoms with van der Waals surface area (Å²) in [5.41, 5.74) is 14.1. The van der Waals surface area contributed by atoms with Gasteiger partial charge in [0.15, 0.2) is 0 Å². The second-order valence-corrected chi connectivity index (χ2v) is 19.4. The van der Waals surface area contributed by atoms with Crippen LogP contribution in [0.5, 0.6) is 0 Å². The highest BCUT2D eigenvalue weighted by Crippen LogP contribution is 2.49. The van der Waals surface area contributed by atoms with Crippen LogP contribution < -0.4 is 0 Å². The van der Waals surface area contributed by atoms with Gasteiger partial charge < -0.3 is 0 Å². The Morgan fingerprint density at radius 3 is 1.10 bits per heavy atom. The molecule has 0 aliphatic rings.